The third-order valence-corrected chi connectivity index (χ3v) is 4.55. The molecule has 0 bridgehead atoms. The first-order valence-corrected chi connectivity index (χ1v) is 8.81. The molecule has 3 aromatic rings. The number of amides is 2. The van der Waals surface area contributed by atoms with Crippen LogP contribution < -0.4 is 15.8 Å². The standard InChI is InChI=1S/C21H23N3O2/c1-4-15-10-12-16(13-11-15)24(5-2)21(26)22-19-14-23(3)20(25)18-9-7-6-8-17(18)19/h6-14H,4-5H2,1-3H3,(H,22,26). The number of aryl methyl sites for hydroxylation is 2. The second kappa shape index (κ2) is 7.44. The maximum atomic E-state index is 12.9. The molecule has 2 aromatic carbocycles. The van der Waals surface area contributed by atoms with Gasteiger partial charge in [-0.25, -0.2) is 4.79 Å². The second-order valence-electron chi connectivity index (χ2n) is 6.20. The number of carbonyl (C=O) groups is 1. The number of hydrogen-bond donors (Lipinski definition) is 1. The summed E-state index contributed by atoms with van der Waals surface area (Å²) < 4.78 is 1.49. The fraction of sp³-hybridized carbons (Fsp3) is 0.238. The van der Waals surface area contributed by atoms with Crippen molar-refractivity contribution in [3.05, 3.63) is 70.6 Å². The van der Waals surface area contributed by atoms with E-state index >= 15 is 0 Å². The highest BCUT2D eigenvalue weighted by molar-refractivity contribution is 6.06. The van der Waals surface area contributed by atoms with E-state index in [0.29, 0.717) is 17.6 Å². The summed E-state index contributed by atoms with van der Waals surface area (Å²) in [6.07, 6.45) is 2.62. The van der Waals surface area contributed by atoms with Gasteiger partial charge >= 0.3 is 6.03 Å². The molecule has 0 spiro atoms. The molecule has 5 nitrogen and oxygen atoms in total. The summed E-state index contributed by atoms with van der Waals surface area (Å²) in [5.74, 6) is 0. The van der Waals surface area contributed by atoms with Crippen LogP contribution in [0.4, 0.5) is 16.2 Å². The van der Waals surface area contributed by atoms with Crippen LogP contribution in [0.2, 0.25) is 0 Å². The first-order chi connectivity index (χ1) is 12.5. The number of anilines is 2. The second-order valence-corrected chi connectivity index (χ2v) is 6.20. The van der Waals surface area contributed by atoms with Gasteiger partial charge in [0.2, 0.25) is 0 Å². The molecule has 1 aromatic heterocycles. The zero-order valence-corrected chi connectivity index (χ0v) is 15.3. The van der Waals surface area contributed by atoms with E-state index in [1.807, 2.05) is 49.4 Å². The van der Waals surface area contributed by atoms with Crippen LogP contribution in [0.1, 0.15) is 19.4 Å². The maximum Gasteiger partial charge on any atom is 0.326 e. The Morgan fingerprint density at radius 1 is 1.04 bits per heavy atom. The molecule has 26 heavy (non-hydrogen) atoms. The molecule has 5 heteroatoms. The Bertz CT molecular complexity index is 990. The minimum absolute atomic E-state index is 0.0823. The molecule has 0 saturated carbocycles. The van der Waals surface area contributed by atoms with Crippen LogP contribution in [0.5, 0.6) is 0 Å². The Hall–Kier alpha value is -3.08. The van der Waals surface area contributed by atoms with Gasteiger partial charge in [-0.05, 0) is 37.1 Å². The summed E-state index contributed by atoms with van der Waals surface area (Å²) in [6.45, 7) is 4.58. The molecule has 3 rings (SSSR count). The minimum atomic E-state index is -0.222. The Morgan fingerprint density at radius 3 is 2.31 bits per heavy atom. The van der Waals surface area contributed by atoms with Gasteiger partial charge in [-0.1, -0.05) is 37.3 Å². The monoisotopic (exact) mass is 349 g/mol. The molecule has 0 radical (unpaired) electrons. The number of pyridine rings is 1. The average molecular weight is 349 g/mol. The molecule has 0 saturated heterocycles. The lowest BCUT2D eigenvalue weighted by Gasteiger charge is -2.22. The summed E-state index contributed by atoms with van der Waals surface area (Å²) >= 11 is 0. The molecule has 0 aliphatic rings. The van der Waals surface area contributed by atoms with Crippen molar-refractivity contribution in [2.24, 2.45) is 7.05 Å². The fourth-order valence-electron chi connectivity index (χ4n) is 3.05. The molecule has 1 heterocycles. The number of carbonyl (C=O) groups excluding carboxylic acids is 1. The normalized spacial score (nSPS) is 10.7. The van der Waals surface area contributed by atoms with Crippen LogP contribution in [0.15, 0.2) is 59.5 Å². The van der Waals surface area contributed by atoms with E-state index in [-0.39, 0.29) is 11.6 Å². The lowest BCUT2D eigenvalue weighted by Crippen LogP contribution is -2.35. The summed E-state index contributed by atoms with van der Waals surface area (Å²) in [7, 11) is 1.69. The Morgan fingerprint density at radius 2 is 1.69 bits per heavy atom. The van der Waals surface area contributed by atoms with Crippen molar-refractivity contribution in [3.8, 4) is 0 Å². The topological polar surface area (TPSA) is 54.3 Å². The summed E-state index contributed by atoms with van der Waals surface area (Å²) in [6, 6.07) is 15.1. The third-order valence-electron chi connectivity index (χ3n) is 4.55. The van der Waals surface area contributed by atoms with Gasteiger partial charge in [0.1, 0.15) is 0 Å². The highest BCUT2D eigenvalue weighted by Crippen LogP contribution is 2.22. The van der Waals surface area contributed by atoms with Crippen molar-refractivity contribution in [1.82, 2.24) is 4.57 Å². The molecule has 0 unspecified atom stereocenters. The smallest absolute Gasteiger partial charge is 0.316 e. The van der Waals surface area contributed by atoms with Crippen LogP contribution in [0.25, 0.3) is 10.8 Å². The molecule has 0 atom stereocenters. The number of rotatable bonds is 4. The SMILES string of the molecule is CCc1ccc(N(CC)C(=O)Nc2cn(C)c(=O)c3ccccc23)cc1. The highest BCUT2D eigenvalue weighted by atomic mass is 16.2. The van der Waals surface area contributed by atoms with Gasteiger partial charge < -0.3 is 9.88 Å². The number of nitrogens with one attached hydrogen (secondary N) is 1. The first kappa shape index (κ1) is 17.7. The van der Waals surface area contributed by atoms with Gasteiger partial charge in [-0.3, -0.25) is 9.69 Å². The van der Waals surface area contributed by atoms with Gasteiger partial charge in [-0.2, -0.15) is 0 Å². The maximum absolute atomic E-state index is 12.9. The van der Waals surface area contributed by atoms with Crippen LogP contribution in [0, 0.1) is 0 Å². The van der Waals surface area contributed by atoms with Crippen LogP contribution >= 0.6 is 0 Å². The number of nitrogens with zero attached hydrogens (tertiary/aromatic N) is 2. The van der Waals surface area contributed by atoms with Gasteiger partial charge in [-0.15, -0.1) is 0 Å². The Kier molecular flexibility index (Phi) is 5.07. The number of benzene rings is 2. The van der Waals surface area contributed by atoms with Gasteiger partial charge in [0.25, 0.3) is 5.56 Å². The molecular weight excluding hydrogens is 326 g/mol. The Labute approximate surface area is 152 Å². The molecule has 1 N–H and O–H groups in total. The molecular formula is C21H23N3O2. The van der Waals surface area contributed by atoms with Crippen LogP contribution in [0.3, 0.4) is 0 Å². The average Bonchev–Trinajstić information content (AvgIpc) is 2.67. The van der Waals surface area contributed by atoms with E-state index in [4.69, 9.17) is 0 Å². The van der Waals surface area contributed by atoms with Crippen LogP contribution in [-0.4, -0.2) is 17.1 Å². The molecule has 2 amide bonds. The summed E-state index contributed by atoms with van der Waals surface area (Å²) in [4.78, 5) is 26.8. The first-order valence-electron chi connectivity index (χ1n) is 8.81. The van der Waals surface area contributed by atoms with Crippen molar-refractivity contribution in [1.29, 1.82) is 0 Å². The molecule has 134 valence electrons. The third kappa shape index (κ3) is 3.33. The number of aromatic nitrogens is 1. The zero-order valence-electron chi connectivity index (χ0n) is 15.3. The van der Waals surface area contributed by atoms with Crippen LogP contribution in [-0.2, 0) is 13.5 Å². The number of fused-ring (bicyclic) bond motifs is 1. The minimum Gasteiger partial charge on any atom is -0.316 e. The van der Waals surface area contributed by atoms with Gasteiger partial charge in [0.05, 0.1) is 5.69 Å². The van der Waals surface area contributed by atoms with Crippen molar-refractivity contribution in [2.45, 2.75) is 20.3 Å². The number of urea groups is 1. The van der Waals surface area contributed by atoms with Crippen molar-refractivity contribution in [3.63, 3.8) is 0 Å². The largest absolute Gasteiger partial charge is 0.326 e. The lowest BCUT2D eigenvalue weighted by molar-refractivity contribution is 0.257. The molecule has 0 fully saturated rings. The predicted molar refractivity (Wildman–Crippen MR) is 107 cm³/mol. The zero-order chi connectivity index (χ0) is 18.7. The molecule has 0 aliphatic heterocycles. The van der Waals surface area contributed by atoms with Crippen molar-refractivity contribution >= 4 is 28.2 Å². The summed E-state index contributed by atoms with van der Waals surface area (Å²) in [5, 5.41) is 4.28. The van der Waals surface area contributed by atoms with Gasteiger partial charge in [0.15, 0.2) is 0 Å². The lowest BCUT2D eigenvalue weighted by atomic mass is 10.1. The summed E-state index contributed by atoms with van der Waals surface area (Å²) in [5.41, 5.74) is 2.61. The Balaban J connectivity index is 1.94. The van der Waals surface area contributed by atoms with Gasteiger partial charge in [0, 0.05) is 36.2 Å². The quantitative estimate of drug-likeness (QED) is 0.769. The van der Waals surface area contributed by atoms with E-state index in [1.54, 1.807) is 24.2 Å². The van der Waals surface area contributed by atoms with Crippen molar-refractivity contribution in [2.75, 3.05) is 16.8 Å². The fourth-order valence-corrected chi connectivity index (χ4v) is 3.05. The van der Waals surface area contributed by atoms with E-state index in [0.717, 1.165) is 17.5 Å². The highest BCUT2D eigenvalue weighted by Gasteiger charge is 2.16. The van der Waals surface area contributed by atoms with E-state index in [9.17, 15) is 9.59 Å². The van der Waals surface area contributed by atoms with Crippen molar-refractivity contribution < 1.29 is 4.79 Å². The predicted octanol–water partition coefficient (Wildman–Crippen LogP) is 4.16. The number of hydrogen-bond acceptors (Lipinski definition) is 2. The van der Waals surface area contributed by atoms with E-state index in [1.165, 1.54) is 10.1 Å². The van der Waals surface area contributed by atoms with E-state index < -0.39 is 0 Å². The molecule has 0 aliphatic carbocycles. The van der Waals surface area contributed by atoms with E-state index in [2.05, 4.69) is 12.2 Å².